The molecule has 2 aromatic carbocycles. The molecule has 3 N–H and O–H groups in total. The molecule has 3 nitrogen and oxygen atoms in total. The molecule has 1 aliphatic heterocycles. The van der Waals surface area contributed by atoms with Crippen LogP contribution in [0.25, 0.3) is 0 Å². The van der Waals surface area contributed by atoms with Crippen LogP contribution in [0.15, 0.2) is 42.5 Å². The molecule has 0 unspecified atom stereocenters. The lowest BCUT2D eigenvalue weighted by Crippen LogP contribution is -2.32. The minimum Gasteiger partial charge on any atom is -0.497 e. The molecule has 1 heterocycles. The third kappa shape index (κ3) is 2.08. The Morgan fingerprint density at radius 2 is 1.91 bits per heavy atom. The third-order valence-electron chi connectivity index (χ3n) is 5.19. The average molecular weight is 294 g/mol. The zero-order chi connectivity index (χ0) is 15.1. The molecule has 0 spiro atoms. The fourth-order valence-corrected chi connectivity index (χ4v) is 4.21. The van der Waals surface area contributed by atoms with Crippen LogP contribution in [-0.2, 0) is 0 Å². The van der Waals surface area contributed by atoms with Crippen LogP contribution in [0.4, 0.5) is 5.69 Å². The second-order valence-corrected chi connectivity index (χ2v) is 6.38. The molecule has 0 amide bonds. The zero-order valence-electron chi connectivity index (χ0n) is 12.9. The summed E-state index contributed by atoms with van der Waals surface area (Å²) in [4.78, 5) is 0. The molecule has 0 bridgehead atoms. The number of hydrogen-bond acceptors (Lipinski definition) is 3. The molecule has 114 valence electrons. The van der Waals surface area contributed by atoms with E-state index in [1.807, 2.05) is 12.1 Å². The van der Waals surface area contributed by atoms with Crippen molar-refractivity contribution in [2.24, 2.45) is 5.92 Å². The first-order valence-corrected chi connectivity index (χ1v) is 8.04. The van der Waals surface area contributed by atoms with Gasteiger partial charge in [-0.25, -0.2) is 0 Å². The Morgan fingerprint density at radius 3 is 2.68 bits per heavy atom. The maximum Gasteiger partial charge on any atom is 0.119 e. The molecule has 1 fully saturated rings. The minimum atomic E-state index is 0.434. The van der Waals surface area contributed by atoms with E-state index in [1.54, 1.807) is 7.11 Å². The zero-order valence-corrected chi connectivity index (χ0v) is 12.9. The first kappa shape index (κ1) is 13.6. The van der Waals surface area contributed by atoms with Gasteiger partial charge in [0.2, 0.25) is 0 Å². The van der Waals surface area contributed by atoms with Crippen molar-refractivity contribution >= 4 is 5.69 Å². The molecule has 0 saturated carbocycles. The minimum absolute atomic E-state index is 0.434. The van der Waals surface area contributed by atoms with Gasteiger partial charge in [0.05, 0.1) is 7.11 Å². The maximum absolute atomic E-state index is 5.87. The highest BCUT2D eigenvalue weighted by Gasteiger charge is 2.42. The standard InChI is InChI=1S/C19H22N2O/c1-22-14-8-9-15-17(11-14)18(12-4-6-13(20)7-5-12)16-3-2-10-21-19(15)16/h4-9,11,16,18-19,21H,2-3,10,20H2,1H3/t16-,18-,19+/m0/s1. The summed E-state index contributed by atoms with van der Waals surface area (Å²) < 4.78 is 5.46. The van der Waals surface area contributed by atoms with E-state index in [-0.39, 0.29) is 0 Å². The summed E-state index contributed by atoms with van der Waals surface area (Å²) in [6.45, 7) is 1.11. The van der Waals surface area contributed by atoms with E-state index in [1.165, 1.54) is 29.5 Å². The van der Waals surface area contributed by atoms with E-state index in [2.05, 4.69) is 35.6 Å². The van der Waals surface area contributed by atoms with Gasteiger partial charge in [-0.3, -0.25) is 0 Å². The van der Waals surface area contributed by atoms with E-state index in [9.17, 15) is 0 Å². The van der Waals surface area contributed by atoms with E-state index in [4.69, 9.17) is 10.5 Å². The smallest absolute Gasteiger partial charge is 0.119 e. The van der Waals surface area contributed by atoms with Gasteiger partial charge in [0, 0.05) is 17.6 Å². The molecule has 1 saturated heterocycles. The number of nitrogens with two attached hydrogens (primary N) is 1. The number of hydrogen-bond donors (Lipinski definition) is 2. The molecule has 0 aromatic heterocycles. The first-order valence-electron chi connectivity index (χ1n) is 8.04. The van der Waals surface area contributed by atoms with Crippen molar-refractivity contribution in [3.8, 4) is 5.75 Å². The predicted octanol–water partition coefficient (Wildman–Crippen LogP) is 3.46. The summed E-state index contributed by atoms with van der Waals surface area (Å²) in [7, 11) is 1.74. The molecule has 22 heavy (non-hydrogen) atoms. The number of rotatable bonds is 2. The van der Waals surface area contributed by atoms with Crippen molar-refractivity contribution in [1.82, 2.24) is 5.32 Å². The van der Waals surface area contributed by atoms with Gasteiger partial charge < -0.3 is 15.8 Å². The summed E-state index contributed by atoms with van der Waals surface area (Å²) in [5.74, 6) is 2.00. The SMILES string of the molecule is COc1ccc2c(c1)[C@@H](c1ccc(N)cc1)[C@@H]1CCCN[C@H]21. The Bertz CT molecular complexity index is 680. The second kappa shape index (κ2) is 5.33. The summed E-state index contributed by atoms with van der Waals surface area (Å²) in [5, 5.41) is 3.72. The Labute approximate surface area is 131 Å². The van der Waals surface area contributed by atoms with Gasteiger partial charge in [-0.15, -0.1) is 0 Å². The topological polar surface area (TPSA) is 47.3 Å². The second-order valence-electron chi connectivity index (χ2n) is 6.38. The van der Waals surface area contributed by atoms with Crippen LogP contribution in [0.5, 0.6) is 5.75 Å². The largest absolute Gasteiger partial charge is 0.497 e. The van der Waals surface area contributed by atoms with E-state index >= 15 is 0 Å². The van der Waals surface area contributed by atoms with Crippen molar-refractivity contribution in [2.75, 3.05) is 19.4 Å². The molecule has 0 radical (unpaired) electrons. The Hall–Kier alpha value is -2.00. The molecule has 3 heteroatoms. The highest BCUT2D eigenvalue weighted by molar-refractivity contribution is 5.51. The highest BCUT2D eigenvalue weighted by Crippen LogP contribution is 2.52. The number of nitrogen functional groups attached to an aromatic ring is 1. The van der Waals surface area contributed by atoms with Gasteiger partial charge in [-0.05, 0) is 66.3 Å². The van der Waals surface area contributed by atoms with E-state index in [0.29, 0.717) is 17.9 Å². The fourth-order valence-electron chi connectivity index (χ4n) is 4.21. The number of piperidine rings is 1. The Morgan fingerprint density at radius 1 is 1.09 bits per heavy atom. The first-order chi connectivity index (χ1) is 10.8. The lowest BCUT2D eigenvalue weighted by Gasteiger charge is -2.31. The van der Waals surface area contributed by atoms with Gasteiger partial charge in [0.15, 0.2) is 0 Å². The Balaban J connectivity index is 1.84. The van der Waals surface area contributed by atoms with Crippen LogP contribution in [0.1, 0.15) is 41.5 Å². The third-order valence-corrected chi connectivity index (χ3v) is 5.19. The van der Waals surface area contributed by atoms with Gasteiger partial charge in [-0.2, -0.15) is 0 Å². The molecule has 4 rings (SSSR count). The molecule has 1 aliphatic carbocycles. The van der Waals surface area contributed by atoms with Gasteiger partial charge in [0.25, 0.3) is 0 Å². The fraction of sp³-hybridized carbons (Fsp3) is 0.368. The van der Waals surface area contributed by atoms with Crippen LogP contribution in [0.3, 0.4) is 0 Å². The quantitative estimate of drug-likeness (QED) is 0.834. The lowest BCUT2D eigenvalue weighted by atomic mass is 9.80. The normalized spacial score (nSPS) is 26.3. The lowest BCUT2D eigenvalue weighted by molar-refractivity contribution is 0.287. The van der Waals surface area contributed by atoms with Gasteiger partial charge in [-0.1, -0.05) is 18.2 Å². The van der Waals surface area contributed by atoms with Crippen LogP contribution in [0.2, 0.25) is 0 Å². The van der Waals surface area contributed by atoms with Crippen molar-refractivity contribution < 1.29 is 4.74 Å². The average Bonchev–Trinajstić information content (AvgIpc) is 2.89. The van der Waals surface area contributed by atoms with E-state index in [0.717, 1.165) is 18.0 Å². The van der Waals surface area contributed by atoms with Crippen molar-refractivity contribution in [3.63, 3.8) is 0 Å². The van der Waals surface area contributed by atoms with Crippen LogP contribution >= 0.6 is 0 Å². The number of benzene rings is 2. The summed E-state index contributed by atoms with van der Waals surface area (Å²) in [6, 6.07) is 15.4. The van der Waals surface area contributed by atoms with E-state index < -0.39 is 0 Å². The van der Waals surface area contributed by atoms with Crippen LogP contribution in [0, 0.1) is 5.92 Å². The molecular weight excluding hydrogens is 272 g/mol. The molecule has 2 aliphatic rings. The monoisotopic (exact) mass is 294 g/mol. The number of methoxy groups -OCH3 is 1. The number of nitrogens with one attached hydrogen (secondary N) is 1. The van der Waals surface area contributed by atoms with Crippen molar-refractivity contribution in [1.29, 1.82) is 0 Å². The van der Waals surface area contributed by atoms with Gasteiger partial charge >= 0.3 is 0 Å². The number of ether oxygens (including phenoxy) is 1. The maximum atomic E-state index is 5.87. The van der Waals surface area contributed by atoms with Gasteiger partial charge in [0.1, 0.15) is 5.75 Å². The van der Waals surface area contributed by atoms with Crippen LogP contribution in [-0.4, -0.2) is 13.7 Å². The summed E-state index contributed by atoms with van der Waals surface area (Å²) >= 11 is 0. The highest BCUT2D eigenvalue weighted by atomic mass is 16.5. The van der Waals surface area contributed by atoms with Crippen molar-refractivity contribution in [3.05, 3.63) is 59.2 Å². The predicted molar refractivity (Wildman–Crippen MR) is 89.2 cm³/mol. The summed E-state index contributed by atoms with van der Waals surface area (Å²) in [5.41, 5.74) is 10.9. The molecular formula is C19H22N2O. The van der Waals surface area contributed by atoms with Crippen LogP contribution < -0.4 is 15.8 Å². The number of anilines is 1. The van der Waals surface area contributed by atoms with Crippen molar-refractivity contribution in [2.45, 2.75) is 24.8 Å². The number of fused-ring (bicyclic) bond motifs is 3. The Kier molecular flexibility index (Phi) is 3.30. The summed E-state index contributed by atoms with van der Waals surface area (Å²) in [6.07, 6.45) is 2.52. The molecule has 3 atom stereocenters. The molecule has 2 aromatic rings.